The largest absolute Gasteiger partial charge is 0.462 e. The molecule has 2 heterocycles. The van der Waals surface area contributed by atoms with Crippen molar-refractivity contribution in [3.05, 3.63) is 56.5 Å². The van der Waals surface area contributed by atoms with Crippen LogP contribution >= 0.6 is 11.3 Å². The molecule has 1 aromatic carbocycles. The average molecular weight is 459 g/mol. The van der Waals surface area contributed by atoms with Crippen LogP contribution in [0.5, 0.6) is 0 Å². The number of anilines is 1. The minimum atomic E-state index is -1.22. The molecule has 3 rings (SSSR count). The molecule has 1 aliphatic heterocycles. The zero-order valence-electron chi connectivity index (χ0n) is 17.6. The van der Waals surface area contributed by atoms with Crippen LogP contribution in [0.25, 0.3) is 0 Å². The van der Waals surface area contributed by atoms with Gasteiger partial charge < -0.3 is 10.1 Å². The first kappa shape index (κ1) is 23.1. The smallest absolute Gasteiger partial charge is 0.341 e. The number of hydrogen-bond acceptors (Lipinski definition) is 8. The quantitative estimate of drug-likeness (QED) is 0.276. The summed E-state index contributed by atoms with van der Waals surface area (Å²) in [5, 5.41) is 15.8. The van der Waals surface area contributed by atoms with Gasteiger partial charge in [0.15, 0.2) is 0 Å². The SMILES string of the molecule is CCOC(=O)c1ccsc1NC(=O)C(CC(C)C)N1C(=O)c2cccc([N+](=O)[O-])c2C1=O. The molecule has 168 valence electrons. The van der Waals surface area contributed by atoms with Gasteiger partial charge in [-0.2, -0.15) is 0 Å². The third-order valence-electron chi connectivity index (χ3n) is 4.83. The zero-order valence-corrected chi connectivity index (χ0v) is 18.4. The van der Waals surface area contributed by atoms with Crippen LogP contribution in [0.3, 0.4) is 0 Å². The lowest BCUT2D eigenvalue weighted by molar-refractivity contribution is -0.385. The van der Waals surface area contributed by atoms with E-state index in [1.54, 1.807) is 12.3 Å². The molecule has 1 aliphatic rings. The van der Waals surface area contributed by atoms with Crippen LogP contribution < -0.4 is 5.32 Å². The summed E-state index contributed by atoms with van der Waals surface area (Å²) < 4.78 is 4.98. The predicted molar refractivity (Wildman–Crippen MR) is 116 cm³/mol. The first-order valence-corrected chi connectivity index (χ1v) is 10.8. The van der Waals surface area contributed by atoms with Gasteiger partial charge in [0.25, 0.3) is 17.5 Å². The Kier molecular flexibility index (Phi) is 6.68. The van der Waals surface area contributed by atoms with E-state index in [-0.39, 0.29) is 40.6 Å². The van der Waals surface area contributed by atoms with E-state index < -0.39 is 40.3 Å². The summed E-state index contributed by atoms with van der Waals surface area (Å²) in [6.07, 6.45) is 0.130. The fraction of sp³-hybridized carbons (Fsp3) is 0.333. The minimum Gasteiger partial charge on any atom is -0.462 e. The Morgan fingerprint density at radius 2 is 1.94 bits per heavy atom. The monoisotopic (exact) mass is 459 g/mol. The van der Waals surface area contributed by atoms with E-state index in [1.807, 2.05) is 13.8 Å². The van der Waals surface area contributed by atoms with Gasteiger partial charge in [-0.1, -0.05) is 19.9 Å². The van der Waals surface area contributed by atoms with Crippen molar-refractivity contribution in [3.63, 3.8) is 0 Å². The first-order valence-electron chi connectivity index (χ1n) is 9.88. The molecule has 0 aliphatic carbocycles. The van der Waals surface area contributed by atoms with Gasteiger partial charge in [0.1, 0.15) is 16.6 Å². The lowest BCUT2D eigenvalue weighted by Gasteiger charge is -2.26. The number of fused-ring (bicyclic) bond motifs is 1. The third-order valence-corrected chi connectivity index (χ3v) is 5.66. The normalized spacial score (nSPS) is 13.8. The van der Waals surface area contributed by atoms with Crippen molar-refractivity contribution >= 4 is 45.7 Å². The van der Waals surface area contributed by atoms with Gasteiger partial charge in [-0.15, -0.1) is 11.3 Å². The molecule has 0 bridgehead atoms. The highest BCUT2D eigenvalue weighted by Crippen LogP contribution is 2.34. The molecule has 0 radical (unpaired) electrons. The van der Waals surface area contributed by atoms with Crippen molar-refractivity contribution in [1.29, 1.82) is 0 Å². The third kappa shape index (κ3) is 4.24. The lowest BCUT2D eigenvalue weighted by Crippen LogP contribution is -2.48. The molecule has 0 spiro atoms. The molecule has 3 amide bonds. The van der Waals surface area contributed by atoms with E-state index in [0.29, 0.717) is 0 Å². The second-order valence-corrected chi connectivity index (χ2v) is 8.37. The maximum atomic E-state index is 13.2. The van der Waals surface area contributed by atoms with Crippen molar-refractivity contribution in [2.24, 2.45) is 5.92 Å². The Morgan fingerprint density at radius 1 is 1.22 bits per heavy atom. The highest BCUT2D eigenvalue weighted by molar-refractivity contribution is 7.14. The Balaban J connectivity index is 1.95. The van der Waals surface area contributed by atoms with Gasteiger partial charge in [0.05, 0.1) is 22.7 Å². The van der Waals surface area contributed by atoms with Gasteiger partial charge >= 0.3 is 5.97 Å². The summed E-state index contributed by atoms with van der Waals surface area (Å²) >= 11 is 1.10. The summed E-state index contributed by atoms with van der Waals surface area (Å²) in [5.74, 6) is -3.04. The highest BCUT2D eigenvalue weighted by Gasteiger charge is 2.46. The molecular formula is C21H21N3O7S. The molecule has 11 heteroatoms. The molecule has 1 aromatic heterocycles. The second-order valence-electron chi connectivity index (χ2n) is 7.46. The number of esters is 1. The van der Waals surface area contributed by atoms with Crippen molar-refractivity contribution < 1.29 is 28.8 Å². The molecule has 1 N–H and O–H groups in total. The lowest BCUT2D eigenvalue weighted by atomic mass is 10.0. The number of carbonyl (C=O) groups is 4. The predicted octanol–water partition coefficient (Wildman–Crippen LogP) is 3.48. The summed E-state index contributed by atoms with van der Waals surface area (Å²) in [7, 11) is 0. The molecular weight excluding hydrogens is 438 g/mol. The van der Waals surface area contributed by atoms with Crippen LogP contribution in [0, 0.1) is 16.0 Å². The number of ether oxygens (including phenoxy) is 1. The number of nitrogens with zero attached hydrogens (tertiary/aromatic N) is 2. The molecule has 32 heavy (non-hydrogen) atoms. The van der Waals surface area contributed by atoms with Gasteiger partial charge in [-0.3, -0.25) is 29.4 Å². The summed E-state index contributed by atoms with van der Waals surface area (Å²) in [6, 6.07) is 4.06. The number of nitro groups is 1. The van der Waals surface area contributed by atoms with Gasteiger partial charge in [0, 0.05) is 6.07 Å². The fourth-order valence-corrected chi connectivity index (χ4v) is 4.25. The number of benzene rings is 1. The van der Waals surface area contributed by atoms with E-state index in [2.05, 4.69) is 5.32 Å². The summed E-state index contributed by atoms with van der Waals surface area (Å²) in [4.78, 5) is 62.8. The van der Waals surface area contributed by atoms with Gasteiger partial charge in [-0.05, 0) is 36.8 Å². The molecule has 0 fully saturated rings. The Hall–Kier alpha value is -3.60. The molecule has 1 atom stereocenters. The first-order chi connectivity index (χ1) is 15.2. The summed E-state index contributed by atoms with van der Waals surface area (Å²) in [6.45, 7) is 5.45. The van der Waals surface area contributed by atoms with Crippen LogP contribution in [-0.4, -0.2) is 46.2 Å². The average Bonchev–Trinajstić information content (AvgIpc) is 3.29. The second kappa shape index (κ2) is 9.27. The van der Waals surface area contributed by atoms with E-state index in [0.717, 1.165) is 22.3 Å². The zero-order chi connectivity index (χ0) is 23.6. The van der Waals surface area contributed by atoms with Gasteiger partial charge in [-0.25, -0.2) is 4.79 Å². The van der Waals surface area contributed by atoms with Crippen molar-refractivity contribution in [2.45, 2.75) is 33.2 Å². The maximum absolute atomic E-state index is 13.2. The molecule has 0 saturated heterocycles. The fourth-order valence-electron chi connectivity index (χ4n) is 3.47. The van der Waals surface area contributed by atoms with Gasteiger partial charge in [0.2, 0.25) is 5.91 Å². The Bertz CT molecular complexity index is 1110. The summed E-state index contributed by atoms with van der Waals surface area (Å²) in [5.41, 5.74) is -0.775. The number of amides is 3. The number of hydrogen-bond donors (Lipinski definition) is 1. The van der Waals surface area contributed by atoms with Crippen LogP contribution in [0.1, 0.15) is 58.3 Å². The number of thiophene rings is 1. The maximum Gasteiger partial charge on any atom is 0.341 e. The van der Waals surface area contributed by atoms with E-state index in [1.165, 1.54) is 18.2 Å². The van der Waals surface area contributed by atoms with Crippen molar-refractivity contribution in [1.82, 2.24) is 4.90 Å². The Morgan fingerprint density at radius 3 is 2.56 bits per heavy atom. The number of nitro benzene ring substituents is 1. The Labute approximate surface area is 187 Å². The minimum absolute atomic E-state index is 0.0853. The van der Waals surface area contributed by atoms with E-state index in [4.69, 9.17) is 4.74 Å². The van der Waals surface area contributed by atoms with E-state index >= 15 is 0 Å². The number of imide groups is 1. The van der Waals surface area contributed by atoms with Crippen molar-refractivity contribution in [2.75, 3.05) is 11.9 Å². The van der Waals surface area contributed by atoms with Crippen molar-refractivity contribution in [3.8, 4) is 0 Å². The molecule has 2 aromatic rings. The number of nitrogens with one attached hydrogen (secondary N) is 1. The molecule has 1 unspecified atom stereocenters. The van der Waals surface area contributed by atoms with Crippen LogP contribution in [0.15, 0.2) is 29.6 Å². The van der Waals surface area contributed by atoms with Crippen LogP contribution in [0.4, 0.5) is 10.7 Å². The molecule has 10 nitrogen and oxygen atoms in total. The standard InChI is InChI=1S/C21H21N3O7S/c1-4-31-21(28)13-8-9-32-18(13)22-17(25)15(10-11(2)3)23-19(26)12-6-5-7-14(24(29)30)16(12)20(23)27/h5-9,11,15H,4,10H2,1-3H3,(H,22,25). The molecule has 0 saturated carbocycles. The van der Waals surface area contributed by atoms with E-state index in [9.17, 15) is 29.3 Å². The topological polar surface area (TPSA) is 136 Å². The van der Waals surface area contributed by atoms with Crippen LogP contribution in [0.2, 0.25) is 0 Å². The number of carbonyl (C=O) groups excluding carboxylic acids is 4. The number of rotatable bonds is 8. The van der Waals surface area contributed by atoms with Crippen LogP contribution in [-0.2, 0) is 9.53 Å². The highest BCUT2D eigenvalue weighted by atomic mass is 32.1.